The van der Waals surface area contributed by atoms with Crippen LogP contribution in [0.4, 0.5) is 5.69 Å². The van der Waals surface area contributed by atoms with Gasteiger partial charge in [-0.2, -0.15) is 0 Å². The molecule has 0 bridgehead atoms. The predicted octanol–water partition coefficient (Wildman–Crippen LogP) is 8.36. The highest BCUT2D eigenvalue weighted by molar-refractivity contribution is 6.13. The molecule has 6 heteroatoms. The number of ether oxygens (including phenoxy) is 5. The van der Waals surface area contributed by atoms with Gasteiger partial charge in [0.05, 0.1) is 40.2 Å². The third-order valence-corrected chi connectivity index (χ3v) is 10.2. The molecule has 5 aromatic carbocycles. The van der Waals surface area contributed by atoms with Gasteiger partial charge in [-0.3, -0.25) is 0 Å². The van der Waals surface area contributed by atoms with Crippen LogP contribution >= 0.6 is 0 Å². The Bertz CT molecular complexity index is 2030. The van der Waals surface area contributed by atoms with Gasteiger partial charge in [-0.15, -0.1) is 0 Å². The van der Waals surface area contributed by atoms with Gasteiger partial charge in [-0.1, -0.05) is 68.5 Å². The van der Waals surface area contributed by atoms with Crippen LogP contribution in [0.2, 0.25) is 0 Å². The zero-order valence-electron chi connectivity index (χ0n) is 27.6. The van der Waals surface area contributed by atoms with Crippen LogP contribution in [0.15, 0.2) is 91.0 Å². The van der Waals surface area contributed by atoms with Crippen molar-refractivity contribution >= 4 is 22.5 Å². The van der Waals surface area contributed by atoms with E-state index in [9.17, 15) is 0 Å². The first-order chi connectivity index (χ1) is 22.9. The molecule has 0 saturated carbocycles. The Morgan fingerprint density at radius 2 is 1.40 bits per heavy atom. The van der Waals surface area contributed by atoms with Gasteiger partial charge in [0.1, 0.15) is 23.0 Å². The lowest BCUT2D eigenvalue weighted by Gasteiger charge is -2.39. The second-order valence-corrected chi connectivity index (χ2v) is 13.0. The molecule has 5 aromatic rings. The maximum absolute atomic E-state index is 7.59. The van der Waals surface area contributed by atoms with E-state index < -0.39 is 5.60 Å². The summed E-state index contributed by atoms with van der Waals surface area (Å²) < 4.78 is 30.6. The molecular weight excluding hydrogens is 586 g/mol. The molecule has 0 aromatic heterocycles. The molecule has 47 heavy (non-hydrogen) atoms. The molecule has 0 spiro atoms. The molecule has 238 valence electrons. The van der Waals surface area contributed by atoms with Crippen LogP contribution in [0.3, 0.4) is 0 Å². The van der Waals surface area contributed by atoms with Gasteiger partial charge in [0.25, 0.3) is 0 Å². The van der Waals surface area contributed by atoms with Gasteiger partial charge in [0, 0.05) is 46.6 Å². The van der Waals surface area contributed by atoms with E-state index in [0.717, 1.165) is 69.2 Å². The van der Waals surface area contributed by atoms with Crippen molar-refractivity contribution in [1.29, 1.82) is 0 Å². The Morgan fingerprint density at radius 3 is 2.11 bits per heavy atom. The van der Waals surface area contributed by atoms with E-state index in [0.29, 0.717) is 13.2 Å². The molecule has 2 aliphatic heterocycles. The molecule has 1 fully saturated rings. The first kappa shape index (κ1) is 29.5. The lowest BCUT2D eigenvalue weighted by atomic mass is 9.76. The second kappa shape index (κ2) is 11.1. The van der Waals surface area contributed by atoms with Crippen LogP contribution in [-0.2, 0) is 15.8 Å². The standard InChI is InChI=1S/C41H39NO5/c1-40(2)34-24-29(44-4)15-16-31(34)36-33-23-30(45-5)25-35(42-19-21-46-22-20-42)37(33)39-32(38(36)40)17-18-41(47-39,26-9-7-6-8-10-26)27-11-13-28(43-3)14-12-27/h6-18,23-25H,19-22H2,1-5H3. The minimum absolute atomic E-state index is 0.319. The van der Waals surface area contributed by atoms with Crippen LogP contribution in [-0.4, -0.2) is 47.6 Å². The van der Waals surface area contributed by atoms with E-state index in [1.54, 1.807) is 21.3 Å². The van der Waals surface area contributed by atoms with Crippen LogP contribution < -0.4 is 23.8 Å². The van der Waals surface area contributed by atoms with Gasteiger partial charge in [0.2, 0.25) is 0 Å². The largest absolute Gasteiger partial charge is 0.497 e. The number of nitrogens with zero attached hydrogens (tertiary/aromatic N) is 1. The number of morpholine rings is 1. The fourth-order valence-corrected chi connectivity index (χ4v) is 7.84. The molecule has 1 unspecified atom stereocenters. The molecule has 1 saturated heterocycles. The van der Waals surface area contributed by atoms with E-state index in [4.69, 9.17) is 23.7 Å². The number of fused-ring (bicyclic) bond motifs is 8. The Labute approximate surface area is 276 Å². The Balaban J connectivity index is 1.49. The summed E-state index contributed by atoms with van der Waals surface area (Å²) in [6.07, 6.45) is 4.53. The third kappa shape index (κ3) is 4.42. The van der Waals surface area contributed by atoms with Crippen LogP contribution in [0.5, 0.6) is 23.0 Å². The Morgan fingerprint density at radius 1 is 0.723 bits per heavy atom. The maximum Gasteiger partial charge on any atom is 0.178 e. The van der Waals surface area contributed by atoms with Gasteiger partial charge < -0.3 is 28.6 Å². The molecular formula is C41H39NO5. The molecule has 8 rings (SSSR count). The average molecular weight is 626 g/mol. The fraction of sp³-hybridized carbons (Fsp3) is 0.268. The predicted molar refractivity (Wildman–Crippen MR) is 188 cm³/mol. The Hall–Kier alpha value is -4.94. The van der Waals surface area contributed by atoms with Crippen molar-refractivity contribution in [2.24, 2.45) is 0 Å². The van der Waals surface area contributed by atoms with E-state index in [2.05, 4.69) is 97.6 Å². The third-order valence-electron chi connectivity index (χ3n) is 10.2. The highest BCUT2D eigenvalue weighted by Gasteiger charge is 2.45. The van der Waals surface area contributed by atoms with Gasteiger partial charge >= 0.3 is 0 Å². The molecule has 0 radical (unpaired) electrons. The van der Waals surface area contributed by atoms with Gasteiger partial charge in [0.15, 0.2) is 5.60 Å². The lowest BCUT2D eigenvalue weighted by Crippen LogP contribution is -2.37. The highest BCUT2D eigenvalue weighted by atomic mass is 16.5. The fourth-order valence-electron chi connectivity index (χ4n) is 7.84. The summed E-state index contributed by atoms with van der Waals surface area (Å²) >= 11 is 0. The zero-order valence-corrected chi connectivity index (χ0v) is 27.6. The first-order valence-electron chi connectivity index (χ1n) is 16.2. The Kier molecular flexibility index (Phi) is 6.96. The van der Waals surface area contributed by atoms with Crippen molar-refractivity contribution in [1.82, 2.24) is 0 Å². The molecule has 1 aliphatic carbocycles. The average Bonchev–Trinajstić information content (AvgIpc) is 3.37. The first-order valence-corrected chi connectivity index (χ1v) is 16.2. The molecule has 2 heterocycles. The summed E-state index contributed by atoms with van der Waals surface area (Å²) in [5, 5.41) is 2.20. The molecule has 1 atom stereocenters. The van der Waals surface area contributed by atoms with Crippen LogP contribution in [0, 0.1) is 0 Å². The van der Waals surface area contributed by atoms with Gasteiger partial charge in [-0.25, -0.2) is 0 Å². The molecule has 6 nitrogen and oxygen atoms in total. The van der Waals surface area contributed by atoms with Crippen LogP contribution in [0.25, 0.3) is 28.0 Å². The van der Waals surface area contributed by atoms with E-state index in [1.807, 2.05) is 18.2 Å². The van der Waals surface area contributed by atoms with Gasteiger partial charge in [-0.05, 0) is 64.0 Å². The van der Waals surface area contributed by atoms with Crippen molar-refractivity contribution in [3.8, 4) is 34.1 Å². The summed E-state index contributed by atoms with van der Waals surface area (Å²) in [4.78, 5) is 2.41. The smallest absolute Gasteiger partial charge is 0.178 e. The quantitative estimate of drug-likeness (QED) is 0.189. The maximum atomic E-state index is 7.59. The normalized spacial score (nSPS) is 19.0. The number of methoxy groups -OCH3 is 3. The number of hydrogen-bond acceptors (Lipinski definition) is 6. The summed E-state index contributed by atoms with van der Waals surface area (Å²) in [7, 11) is 5.17. The number of rotatable bonds is 6. The van der Waals surface area contributed by atoms with Crippen LogP contribution in [0.1, 0.15) is 41.7 Å². The van der Waals surface area contributed by atoms with Crippen molar-refractivity contribution in [2.45, 2.75) is 24.9 Å². The highest BCUT2D eigenvalue weighted by Crippen LogP contribution is 2.60. The topological polar surface area (TPSA) is 49.4 Å². The van der Waals surface area contributed by atoms with E-state index >= 15 is 0 Å². The van der Waals surface area contributed by atoms with Crippen molar-refractivity contribution in [2.75, 3.05) is 52.5 Å². The molecule has 0 amide bonds. The molecule has 0 N–H and O–H groups in total. The van der Waals surface area contributed by atoms with Crippen molar-refractivity contribution in [3.63, 3.8) is 0 Å². The summed E-state index contributed by atoms with van der Waals surface area (Å²) in [6.45, 7) is 7.52. The number of benzene rings is 5. The zero-order chi connectivity index (χ0) is 32.3. The summed E-state index contributed by atoms with van der Waals surface area (Å²) in [6, 6.07) is 29.5. The number of hydrogen-bond donors (Lipinski definition) is 0. The second-order valence-electron chi connectivity index (χ2n) is 13.0. The molecule has 3 aliphatic rings. The number of anilines is 1. The minimum atomic E-state index is -0.872. The van der Waals surface area contributed by atoms with E-state index in [1.165, 1.54) is 22.3 Å². The van der Waals surface area contributed by atoms with Crippen molar-refractivity contribution < 1.29 is 23.7 Å². The summed E-state index contributed by atoms with van der Waals surface area (Å²) in [5.74, 6) is 3.34. The van der Waals surface area contributed by atoms with Crippen molar-refractivity contribution in [3.05, 3.63) is 119 Å². The lowest BCUT2D eigenvalue weighted by molar-refractivity contribution is 0.122. The van der Waals surface area contributed by atoms with E-state index in [-0.39, 0.29) is 5.41 Å². The SMILES string of the molecule is COc1ccc(C2(c3ccccc3)C=Cc3c4c(c5cc(OC)cc(N6CCOCC6)c5c3O2)-c2ccc(OC)cc2C4(C)C)cc1. The monoisotopic (exact) mass is 625 g/mol. The minimum Gasteiger partial charge on any atom is -0.497 e. The summed E-state index contributed by atoms with van der Waals surface area (Å²) in [5.41, 5.74) is 7.99.